The van der Waals surface area contributed by atoms with Crippen molar-refractivity contribution >= 4 is 44.6 Å². The summed E-state index contributed by atoms with van der Waals surface area (Å²) in [4.78, 5) is 19.3. The molecule has 0 unspecified atom stereocenters. The van der Waals surface area contributed by atoms with E-state index in [1.165, 1.54) is 6.92 Å². The predicted molar refractivity (Wildman–Crippen MR) is 96.0 cm³/mol. The number of benzene rings is 1. The summed E-state index contributed by atoms with van der Waals surface area (Å²) in [7, 11) is 0. The van der Waals surface area contributed by atoms with Crippen molar-refractivity contribution in [2.75, 3.05) is 11.1 Å². The van der Waals surface area contributed by atoms with Crippen molar-refractivity contribution in [2.24, 2.45) is 0 Å². The molecule has 0 aliphatic carbocycles. The SMILES string of the molecule is Cc1c([C@@H](NC(=O)Nc2cnc(N)nc2)C(F)(F)F)oc2c(Br)cc(F)cc12. The Labute approximate surface area is 163 Å². The standard InChI is InChI=1S/C16H12BrF4N5O2/c1-6-9-2-7(18)3-10(17)12(9)28-11(6)13(16(19,20)21)26-15(27)25-8-4-23-14(22)24-5-8/h2-5,13H,1H3,(H2,22,23,24)(H2,25,26,27)/t13-/m1/s1. The fraction of sp³-hybridized carbons (Fsp3) is 0.188. The fourth-order valence-corrected chi connectivity index (χ4v) is 3.05. The second-order valence-electron chi connectivity index (χ2n) is 5.76. The van der Waals surface area contributed by atoms with Crippen LogP contribution in [0.2, 0.25) is 0 Å². The average molecular weight is 462 g/mol. The van der Waals surface area contributed by atoms with Gasteiger partial charge in [0.25, 0.3) is 0 Å². The number of nitrogens with zero attached hydrogens (tertiary/aromatic N) is 2. The highest BCUT2D eigenvalue weighted by molar-refractivity contribution is 9.10. The van der Waals surface area contributed by atoms with Gasteiger partial charge in [-0.1, -0.05) is 0 Å². The first kappa shape index (κ1) is 19.9. The molecule has 1 aromatic carbocycles. The molecule has 1 atom stereocenters. The van der Waals surface area contributed by atoms with Gasteiger partial charge in [0.15, 0.2) is 6.04 Å². The van der Waals surface area contributed by atoms with Crippen LogP contribution in [0.3, 0.4) is 0 Å². The summed E-state index contributed by atoms with van der Waals surface area (Å²) >= 11 is 3.06. The van der Waals surface area contributed by atoms with Crippen LogP contribution < -0.4 is 16.4 Å². The summed E-state index contributed by atoms with van der Waals surface area (Å²) in [6, 6.07) is -1.51. The van der Waals surface area contributed by atoms with E-state index in [0.29, 0.717) is 0 Å². The molecular formula is C16H12BrF4N5O2. The number of halogens is 5. The number of rotatable bonds is 3. The maximum absolute atomic E-state index is 13.6. The number of anilines is 2. The van der Waals surface area contributed by atoms with Gasteiger partial charge in [-0.05, 0) is 35.0 Å². The first-order chi connectivity index (χ1) is 13.1. The molecule has 0 saturated carbocycles. The maximum Gasteiger partial charge on any atom is 0.416 e. The van der Waals surface area contributed by atoms with Gasteiger partial charge in [0.2, 0.25) is 5.95 Å². The van der Waals surface area contributed by atoms with Crippen LogP contribution >= 0.6 is 15.9 Å². The number of hydrogen-bond donors (Lipinski definition) is 3. The van der Waals surface area contributed by atoms with Crippen molar-refractivity contribution in [3.05, 3.63) is 46.1 Å². The third kappa shape index (κ3) is 4.01. The van der Waals surface area contributed by atoms with Crippen LogP contribution in [0.4, 0.5) is 34.0 Å². The highest BCUT2D eigenvalue weighted by atomic mass is 79.9. The Bertz CT molecular complexity index is 1040. The lowest BCUT2D eigenvalue weighted by Gasteiger charge is -2.20. The Morgan fingerprint density at radius 2 is 1.93 bits per heavy atom. The molecule has 7 nitrogen and oxygen atoms in total. The average Bonchev–Trinajstić information content (AvgIpc) is 2.91. The van der Waals surface area contributed by atoms with Crippen LogP contribution in [0, 0.1) is 12.7 Å². The van der Waals surface area contributed by atoms with Gasteiger partial charge in [-0.3, -0.25) is 0 Å². The summed E-state index contributed by atoms with van der Waals surface area (Å²) in [6.07, 6.45) is -2.60. The van der Waals surface area contributed by atoms with E-state index in [-0.39, 0.29) is 32.6 Å². The highest BCUT2D eigenvalue weighted by Crippen LogP contribution is 2.40. The number of carbonyl (C=O) groups is 1. The van der Waals surface area contributed by atoms with Crippen LogP contribution in [0.25, 0.3) is 11.0 Å². The van der Waals surface area contributed by atoms with Gasteiger partial charge in [-0.25, -0.2) is 19.2 Å². The minimum absolute atomic E-state index is 0.0392. The largest absolute Gasteiger partial charge is 0.457 e. The van der Waals surface area contributed by atoms with Crippen molar-refractivity contribution in [1.82, 2.24) is 15.3 Å². The normalized spacial score (nSPS) is 12.8. The van der Waals surface area contributed by atoms with Gasteiger partial charge in [0.1, 0.15) is 17.2 Å². The van der Waals surface area contributed by atoms with E-state index in [4.69, 9.17) is 10.2 Å². The lowest BCUT2D eigenvalue weighted by molar-refractivity contribution is -0.158. The number of fused-ring (bicyclic) bond motifs is 1. The molecule has 2 aromatic heterocycles. The number of urea groups is 1. The minimum atomic E-state index is -4.88. The van der Waals surface area contributed by atoms with Gasteiger partial charge in [-0.15, -0.1) is 0 Å². The lowest BCUT2D eigenvalue weighted by atomic mass is 10.1. The van der Waals surface area contributed by atoms with E-state index >= 15 is 0 Å². The van der Waals surface area contributed by atoms with E-state index in [9.17, 15) is 22.4 Å². The first-order valence-electron chi connectivity index (χ1n) is 7.66. The number of aromatic nitrogens is 2. The summed E-state index contributed by atoms with van der Waals surface area (Å²) in [5.41, 5.74) is 5.43. The van der Waals surface area contributed by atoms with E-state index in [1.807, 2.05) is 5.32 Å². The monoisotopic (exact) mass is 461 g/mol. The number of nitrogen functional groups attached to an aromatic ring is 1. The molecule has 0 saturated heterocycles. The minimum Gasteiger partial charge on any atom is -0.457 e. The Morgan fingerprint density at radius 1 is 1.29 bits per heavy atom. The highest BCUT2D eigenvalue weighted by Gasteiger charge is 2.45. The molecule has 0 fully saturated rings. The van der Waals surface area contributed by atoms with E-state index in [2.05, 4.69) is 31.2 Å². The molecule has 12 heteroatoms. The number of nitrogens with one attached hydrogen (secondary N) is 2. The summed E-state index contributed by atoms with van der Waals surface area (Å²) in [5.74, 6) is -1.26. The van der Waals surface area contributed by atoms with Crippen molar-refractivity contribution in [1.29, 1.82) is 0 Å². The van der Waals surface area contributed by atoms with Crippen LogP contribution in [-0.4, -0.2) is 22.2 Å². The second kappa shape index (κ2) is 7.26. The molecule has 3 rings (SSSR count). The fourth-order valence-electron chi connectivity index (χ4n) is 2.53. The quantitative estimate of drug-likeness (QED) is 0.500. The van der Waals surface area contributed by atoms with E-state index in [1.54, 1.807) is 0 Å². The van der Waals surface area contributed by atoms with Crippen molar-refractivity contribution in [2.45, 2.75) is 19.1 Å². The zero-order valence-electron chi connectivity index (χ0n) is 14.1. The summed E-state index contributed by atoms with van der Waals surface area (Å²) in [6.45, 7) is 1.35. The van der Waals surface area contributed by atoms with Gasteiger partial charge in [0.05, 0.1) is 22.6 Å². The number of amides is 2. The Hall–Kier alpha value is -2.89. The number of nitrogens with two attached hydrogens (primary N) is 1. The number of carbonyl (C=O) groups excluding carboxylic acids is 1. The summed E-state index contributed by atoms with van der Waals surface area (Å²) < 4.78 is 59.9. The topological polar surface area (TPSA) is 106 Å². The molecule has 2 amide bonds. The third-order valence-electron chi connectivity index (χ3n) is 3.79. The van der Waals surface area contributed by atoms with Crippen molar-refractivity contribution in [3.8, 4) is 0 Å². The van der Waals surface area contributed by atoms with Crippen LogP contribution in [0.15, 0.2) is 33.4 Å². The molecule has 0 aliphatic heterocycles. The van der Waals surface area contributed by atoms with Crippen molar-refractivity contribution < 1.29 is 26.8 Å². The van der Waals surface area contributed by atoms with Gasteiger partial charge in [0, 0.05) is 10.9 Å². The molecule has 148 valence electrons. The number of aryl methyl sites for hydroxylation is 1. The summed E-state index contributed by atoms with van der Waals surface area (Å²) in [5, 5.41) is 4.14. The number of hydrogen-bond acceptors (Lipinski definition) is 5. The molecular weight excluding hydrogens is 450 g/mol. The van der Waals surface area contributed by atoms with E-state index in [0.717, 1.165) is 24.5 Å². The molecule has 0 bridgehead atoms. The molecule has 28 heavy (non-hydrogen) atoms. The van der Waals surface area contributed by atoms with E-state index < -0.39 is 29.8 Å². The third-order valence-corrected chi connectivity index (χ3v) is 4.38. The van der Waals surface area contributed by atoms with Crippen LogP contribution in [0.1, 0.15) is 17.4 Å². The maximum atomic E-state index is 13.6. The van der Waals surface area contributed by atoms with Crippen LogP contribution in [-0.2, 0) is 0 Å². The Kier molecular flexibility index (Phi) is 5.15. The zero-order valence-corrected chi connectivity index (χ0v) is 15.7. The predicted octanol–water partition coefficient (Wildman–Crippen LogP) is 4.44. The molecule has 2 heterocycles. The zero-order chi connectivity index (χ0) is 20.6. The first-order valence-corrected chi connectivity index (χ1v) is 8.45. The molecule has 3 aromatic rings. The van der Waals surface area contributed by atoms with Gasteiger partial charge < -0.3 is 20.8 Å². The molecule has 4 N–H and O–H groups in total. The second-order valence-corrected chi connectivity index (χ2v) is 6.61. The van der Waals surface area contributed by atoms with Crippen molar-refractivity contribution in [3.63, 3.8) is 0 Å². The van der Waals surface area contributed by atoms with Gasteiger partial charge >= 0.3 is 12.2 Å². The molecule has 0 spiro atoms. The van der Waals surface area contributed by atoms with Gasteiger partial charge in [-0.2, -0.15) is 13.2 Å². The Morgan fingerprint density at radius 3 is 2.54 bits per heavy atom. The van der Waals surface area contributed by atoms with Crippen LogP contribution in [0.5, 0.6) is 0 Å². The number of alkyl halides is 3. The number of furan rings is 1. The molecule has 0 radical (unpaired) electrons. The Balaban J connectivity index is 1.94. The smallest absolute Gasteiger partial charge is 0.416 e. The molecule has 0 aliphatic rings. The lowest BCUT2D eigenvalue weighted by Crippen LogP contribution is -2.40.